The Morgan fingerprint density at radius 3 is 2.67 bits per heavy atom. The molecule has 2 unspecified atom stereocenters. The molecule has 0 aromatic carbocycles. The van der Waals surface area contributed by atoms with E-state index in [0.29, 0.717) is 12.6 Å². The van der Waals surface area contributed by atoms with E-state index >= 15 is 0 Å². The Bertz CT molecular complexity index is 615. The summed E-state index contributed by atoms with van der Waals surface area (Å²) >= 11 is 0. The molecule has 0 amide bonds. The molecule has 2 atom stereocenters. The summed E-state index contributed by atoms with van der Waals surface area (Å²) < 4.78 is 7.94. The molecular weight excluding hydrogens is 457 g/mol. The molecule has 27 heavy (non-hydrogen) atoms. The molecule has 3 rings (SSSR count). The van der Waals surface area contributed by atoms with Gasteiger partial charge in [0.05, 0.1) is 18.8 Å². The van der Waals surface area contributed by atoms with Crippen molar-refractivity contribution in [3.63, 3.8) is 0 Å². The Morgan fingerprint density at radius 1 is 1.30 bits per heavy atom. The summed E-state index contributed by atoms with van der Waals surface area (Å²) in [5.74, 6) is 2.62. The van der Waals surface area contributed by atoms with Crippen molar-refractivity contribution < 1.29 is 4.74 Å². The standard InChI is InChI=1S/C18H33N7O.HI/c1-13(16-12-24(3)9-10-26-16)20-18(21-15-7-5-6-8-15)19-11-17-23-22-14(2)25(17)4;/h13,15-16H,5-12H2,1-4H3,(H2,19,20,21);1H. The number of morpholine rings is 1. The minimum Gasteiger partial charge on any atom is -0.373 e. The van der Waals surface area contributed by atoms with Crippen molar-refractivity contribution in [1.82, 2.24) is 30.3 Å². The van der Waals surface area contributed by atoms with Crippen LogP contribution < -0.4 is 10.6 Å². The van der Waals surface area contributed by atoms with Crippen molar-refractivity contribution in [1.29, 1.82) is 0 Å². The number of hydrogen-bond donors (Lipinski definition) is 2. The second kappa shape index (κ2) is 10.6. The molecule has 9 heteroatoms. The molecule has 154 valence electrons. The fourth-order valence-electron chi connectivity index (χ4n) is 3.56. The highest BCUT2D eigenvalue weighted by atomic mass is 127. The van der Waals surface area contributed by atoms with E-state index in [-0.39, 0.29) is 36.1 Å². The lowest BCUT2D eigenvalue weighted by Crippen LogP contribution is -2.54. The molecule has 2 N–H and O–H groups in total. The lowest BCUT2D eigenvalue weighted by Gasteiger charge is -2.34. The molecule has 2 aliphatic rings. The zero-order valence-electron chi connectivity index (χ0n) is 16.9. The largest absolute Gasteiger partial charge is 0.373 e. The minimum atomic E-state index is 0. The number of rotatable bonds is 5. The number of guanidine groups is 1. The van der Waals surface area contributed by atoms with Gasteiger partial charge < -0.3 is 24.8 Å². The van der Waals surface area contributed by atoms with Crippen LogP contribution in [0.2, 0.25) is 0 Å². The van der Waals surface area contributed by atoms with Gasteiger partial charge in [-0.15, -0.1) is 34.2 Å². The molecule has 1 aromatic heterocycles. The smallest absolute Gasteiger partial charge is 0.192 e. The maximum absolute atomic E-state index is 5.95. The summed E-state index contributed by atoms with van der Waals surface area (Å²) in [4.78, 5) is 7.10. The maximum atomic E-state index is 5.95. The Morgan fingerprint density at radius 2 is 2.04 bits per heavy atom. The summed E-state index contributed by atoms with van der Waals surface area (Å²) in [5, 5.41) is 15.5. The average molecular weight is 491 g/mol. The highest BCUT2D eigenvalue weighted by Crippen LogP contribution is 2.17. The van der Waals surface area contributed by atoms with Crippen LogP contribution in [0.25, 0.3) is 0 Å². The van der Waals surface area contributed by atoms with Crippen LogP contribution in [0.4, 0.5) is 0 Å². The van der Waals surface area contributed by atoms with Gasteiger partial charge in [0.15, 0.2) is 11.8 Å². The fourth-order valence-corrected chi connectivity index (χ4v) is 3.56. The predicted molar refractivity (Wildman–Crippen MR) is 118 cm³/mol. The zero-order valence-corrected chi connectivity index (χ0v) is 19.3. The SMILES string of the molecule is Cc1nnc(CN=C(NC2CCCC2)NC(C)C2CN(C)CCO2)n1C.I. The van der Waals surface area contributed by atoms with Crippen LogP contribution >= 0.6 is 24.0 Å². The van der Waals surface area contributed by atoms with Gasteiger partial charge in [-0.1, -0.05) is 12.8 Å². The Kier molecular flexibility index (Phi) is 8.74. The summed E-state index contributed by atoms with van der Waals surface area (Å²) in [6.07, 6.45) is 5.17. The van der Waals surface area contributed by atoms with Crippen LogP contribution in [0, 0.1) is 6.92 Å². The Balaban J connectivity index is 0.00000261. The van der Waals surface area contributed by atoms with Crippen LogP contribution in [-0.2, 0) is 18.3 Å². The van der Waals surface area contributed by atoms with Gasteiger partial charge in [0, 0.05) is 26.2 Å². The van der Waals surface area contributed by atoms with Crippen molar-refractivity contribution in [3.8, 4) is 0 Å². The van der Waals surface area contributed by atoms with Crippen LogP contribution in [0.1, 0.15) is 44.3 Å². The number of nitrogens with one attached hydrogen (secondary N) is 2. The highest BCUT2D eigenvalue weighted by Gasteiger charge is 2.25. The van der Waals surface area contributed by atoms with Crippen molar-refractivity contribution in [2.75, 3.05) is 26.7 Å². The molecule has 0 radical (unpaired) electrons. The van der Waals surface area contributed by atoms with E-state index in [1.165, 1.54) is 25.7 Å². The summed E-state index contributed by atoms with van der Waals surface area (Å²) in [5.41, 5.74) is 0. The van der Waals surface area contributed by atoms with Crippen LogP contribution in [-0.4, -0.2) is 70.6 Å². The number of hydrogen-bond acceptors (Lipinski definition) is 5. The lowest BCUT2D eigenvalue weighted by atomic mass is 10.1. The van der Waals surface area contributed by atoms with Crippen LogP contribution in [0.3, 0.4) is 0 Å². The second-order valence-electron chi connectivity index (χ2n) is 7.62. The monoisotopic (exact) mass is 491 g/mol. The van der Waals surface area contributed by atoms with E-state index in [9.17, 15) is 0 Å². The Labute approximate surface area is 179 Å². The molecule has 2 heterocycles. The first-order chi connectivity index (χ1) is 12.5. The van der Waals surface area contributed by atoms with Crippen molar-refractivity contribution in [3.05, 3.63) is 11.6 Å². The first-order valence-electron chi connectivity index (χ1n) is 9.75. The molecule has 1 aromatic rings. The number of halogens is 1. The number of aryl methyl sites for hydroxylation is 1. The second-order valence-corrected chi connectivity index (χ2v) is 7.62. The number of aromatic nitrogens is 3. The Hall–Kier alpha value is -0.940. The number of nitrogens with zero attached hydrogens (tertiary/aromatic N) is 5. The number of aliphatic imine (C=N–C) groups is 1. The highest BCUT2D eigenvalue weighted by molar-refractivity contribution is 14.0. The quantitative estimate of drug-likeness (QED) is 0.369. The third-order valence-electron chi connectivity index (χ3n) is 5.48. The predicted octanol–water partition coefficient (Wildman–Crippen LogP) is 1.44. The average Bonchev–Trinajstić information content (AvgIpc) is 3.24. The summed E-state index contributed by atoms with van der Waals surface area (Å²) in [6, 6.07) is 0.691. The van der Waals surface area contributed by atoms with Gasteiger partial charge in [-0.3, -0.25) is 0 Å². The van der Waals surface area contributed by atoms with E-state index in [4.69, 9.17) is 9.73 Å². The van der Waals surface area contributed by atoms with Gasteiger partial charge in [-0.25, -0.2) is 4.99 Å². The molecule has 2 fully saturated rings. The van der Waals surface area contributed by atoms with E-state index < -0.39 is 0 Å². The van der Waals surface area contributed by atoms with E-state index in [1.54, 1.807) is 0 Å². The van der Waals surface area contributed by atoms with Crippen molar-refractivity contribution in [2.45, 2.75) is 64.3 Å². The third-order valence-corrected chi connectivity index (χ3v) is 5.48. The van der Waals surface area contributed by atoms with Crippen molar-refractivity contribution in [2.24, 2.45) is 12.0 Å². The number of likely N-dealkylation sites (N-methyl/N-ethyl adjacent to an activating group) is 1. The molecule has 0 bridgehead atoms. The van der Waals surface area contributed by atoms with Gasteiger partial charge in [0.2, 0.25) is 0 Å². The van der Waals surface area contributed by atoms with Gasteiger partial charge in [-0.2, -0.15) is 0 Å². The van der Waals surface area contributed by atoms with E-state index in [0.717, 1.165) is 37.3 Å². The molecule has 8 nitrogen and oxygen atoms in total. The topological polar surface area (TPSA) is 79.6 Å². The van der Waals surface area contributed by atoms with E-state index in [1.807, 2.05) is 18.5 Å². The molecular formula is C18H34IN7O. The molecule has 1 aliphatic heterocycles. The lowest BCUT2D eigenvalue weighted by molar-refractivity contribution is -0.0325. The first-order valence-corrected chi connectivity index (χ1v) is 9.75. The van der Waals surface area contributed by atoms with Gasteiger partial charge in [-0.05, 0) is 33.7 Å². The van der Waals surface area contributed by atoms with Crippen LogP contribution in [0.15, 0.2) is 4.99 Å². The summed E-state index contributed by atoms with van der Waals surface area (Å²) in [6.45, 7) is 7.35. The molecule has 1 saturated heterocycles. The van der Waals surface area contributed by atoms with Gasteiger partial charge in [0.25, 0.3) is 0 Å². The normalized spacial score (nSPS) is 23.1. The molecule has 0 spiro atoms. The third kappa shape index (κ3) is 6.28. The van der Waals surface area contributed by atoms with Crippen LogP contribution in [0.5, 0.6) is 0 Å². The zero-order chi connectivity index (χ0) is 18.5. The molecule has 1 aliphatic carbocycles. The van der Waals surface area contributed by atoms with Gasteiger partial charge in [0.1, 0.15) is 12.4 Å². The van der Waals surface area contributed by atoms with Crippen molar-refractivity contribution >= 4 is 29.9 Å². The minimum absolute atomic E-state index is 0. The maximum Gasteiger partial charge on any atom is 0.192 e. The fraction of sp³-hybridized carbons (Fsp3) is 0.833. The summed E-state index contributed by atoms with van der Waals surface area (Å²) in [7, 11) is 4.12. The number of ether oxygens (including phenoxy) is 1. The first kappa shape index (κ1) is 22.4. The molecule has 1 saturated carbocycles. The van der Waals surface area contributed by atoms with E-state index in [2.05, 4.69) is 39.7 Å². The van der Waals surface area contributed by atoms with Gasteiger partial charge >= 0.3 is 0 Å².